The molecule has 81 heavy (non-hydrogen) atoms. The molecule has 1 aliphatic heterocycles. The van der Waals surface area contributed by atoms with E-state index >= 15 is 9.59 Å². The maximum absolute atomic E-state index is 15.2. The molecule has 1 heterocycles. The fourth-order valence-electron chi connectivity index (χ4n) is 10.4. The van der Waals surface area contributed by atoms with E-state index in [0.29, 0.717) is 12.8 Å². The smallest absolute Gasteiger partial charge is 0.324 e. The van der Waals surface area contributed by atoms with Crippen molar-refractivity contribution in [2.45, 2.75) is 211 Å². The number of rotatable bonds is 15. The number of carbonyl (C=O) groups excluding carboxylic acids is 10. The van der Waals surface area contributed by atoms with Crippen molar-refractivity contribution < 1.29 is 47.9 Å². The zero-order valence-electron chi connectivity index (χ0n) is 54.1. The molecule has 0 aromatic heterocycles. The largest absolute Gasteiger partial charge is 0.343 e. The average molecular weight is 1140 g/mol. The molecule has 0 bridgehead atoms. The van der Waals surface area contributed by atoms with Crippen LogP contribution in [0.4, 0.5) is 4.79 Å². The molecule has 0 aliphatic carbocycles. The maximum Gasteiger partial charge on any atom is 0.324 e. The molecule has 1 saturated heterocycles. The summed E-state index contributed by atoms with van der Waals surface area (Å²) in [5.74, 6) is -7.07. The van der Waals surface area contributed by atoms with Gasteiger partial charge in [-0.15, -0.1) is 0 Å². The highest BCUT2D eigenvalue weighted by Gasteiger charge is 2.45. The highest BCUT2D eigenvalue weighted by atomic mass is 16.2. The number of nitrogens with one attached hydrogen (secondary N) is 4. The van der Waals surface area contributed by atoms with Gasteiger partial charge in [0.15, 0.2) is 0 Å². The van der Waals surface area contributed by atoms with Crippen molar-refractivity contribution in [3.05, 3.63) is 12.2 Å². The van der Waals surface area contributed by atoms with Crippen LogP contribution in [0, 0.1) is 47.3 Å². The molecule has 10 unspecified atom stereocenters. The van der Waals surface area contributed by atoms with Crippen LogP contribution in [-0.4, -0.2) is 204 Å². The van der Waals surface area contributed by atoms with Crippen LogP contribution in [0.3, 0.4) is 0 Å². The first-order valence-electron chi connectivity index (χ1n) is 29.5. The van der Waals surface area contributed by atoms with Crippen LogP contribution in [0.25, 0.3) is 0 Å². The summed E-state index contributed by atoms with van der Waals surface area (Å²) in [6, 6.07) is -9.71. The summed E-state index contributed by atoms with van der Waals surface area (Å²) in [5, 5.41) is 11.5. The molecule has 0 saturated carbocycles. The Hall–Kier alpha value is -5.60. The van der Waals surface area contributed by atoms with Crippen LogP contribution in [-0.2, 0) is 43.2 Å². The number of hydrogen-bond acceptors (Lipinski definition) is 11. The van der Waals surface area contributed by atoms with Crippen molar-refractivity contribution in [1.82, 2.24) is 55.6 Å². The number of allylic oxidation sites excluding steroid dienone is 2. The fraction of sp³-hybridized carbons (Fsp3) is 0.800. The molecule has 4 N–H and O–H groups in total. The van der Waals surface area contributed by atoms with Crippen LogP contribution in [0.1, 0.15) is 156 Å². The normalized spacial score (nSPS) is 26.5. The first kappa shape index (κ1) is 73.4. The Bertz CT molecular complexity index is 2170. The number of carbonyl (C=O) groups is 10. The SMILES string of the molecule is C/C=C/CC(C)[C@@H](C)C1C(=O)NC(CC)C(=O)N(C)CC(=O)N(C)C(CC(C)C)C(=O)NC(C(C)C)C(=O)N(C)C(CC(C)C)NC(C)C(=O)NC(=O)N(C)C(CC(C)C)C(=O)N(C)C(CC(C)C)C(=O)N(C)C(C(C)C)C(=O)N1C. The number of urea groups is 1. The molecule has 1 rings (SSSR count). The van der Waals surface area contributed by atoms with Gasteiger partial charge in [-0.3, -0.25) is 53.8 Å². The van der Waals surface area contributed by atoms with Gasteiger partial charge in [0.2, 0.25) is 53.2 Å². The molecule has 11 atom stereocenters. The molecule has 0 spiro atoms. The lowest BCUT2D eigenvalue weighted by Crippen LogP contribution is -2.62. The summed E-state index contributed by atoms with van der Waals surface area (Å²) in [4.78, 5) is 155. The van der Waals surface area contributed by atoms with Gasteiger partial charge < -0.3 is 44.9 Å². The summed E-state index contributed by atoms with van der Waals surface area (Å²) in [6.07, 6.45) is 4.75. The van der Waals surface area contributed by atoms with E-state index in [2.05, 4.69) is 21.3 Å². The number of amides is 11. The monoisotopic (exact) mass is 1140 g/mol. The highest BCUT2D eigenvalue weighted by Crippen LogP contribution is 2.27. The van der Waals surface area contributed by atoms with Crippen molar-refractivity contribution in [2.75, 3.05) is 55.9 Å². The minimum Gasteiger partial charge on any atom is -0.343 e. The lowest BCUT2D eigenvalue weighted by atomic mass is 9.84. The summed E-state index contributed by atoms with van der Waals surface area (Å²) in [6.45, 7) is 31.0. The van der Waals surface area contributed by atoms with Crippen molar-refractivity contribution >= 4 is 59.2 Å². The van der Waals surface area contributed by atoms with Crippen LogP contribution >= 0.6 is 0 Å². The van der Waals surface area contributed by atoms with Crippen molar-refractivity contribution in [2.24, 2.45) is 47.3 Å². The zero-order valence-corrected chi connectivity index (χ0v) is 54.1. The van der Waals surface area contributed by atoms with Gasteiger partial charge >= 0.3 is 6.03 Å². The molecule has 0 aromatic carbocycles. The van der Waals surface area contributed by atoms with Gasteiger partial charge in [-0.25, -0.2) is 4.79 Å². The Balaban J connectivity index is 4.31. The third-order valence-electron chi connectivity index (χ3n) is 15.8. The molecular formula is C60H109N11O10. The average Bonchev–Trinajstić information content (AvgIpc) is 3.39. The molecule has 21 nitrogen and oxygen atoms in total. The Morgan fingerprint density at radius 1 is 0.506 bits per heavy atom. The number of nitrogens with zero attached hydrogens (tertiary/aromatic N) is 7. The maximum atomic E-state index is 15.2. The van der Waals surface area contributed by atoms with Gasteiger partial charge in [0.05, 0.1) is 18.8 Å². The summed E-state index contributed by atoms with van der Waals surface area (Å²) >= 11 is 0. The number of imide groups is 1. The topological polar surface area (TPSA) is 241 Å². The Kier molecular flexibility index (Phi) is 30.4. The molecule has 21 heteroatoms. The molecular weight excluding hydrogens is 1030 g/mol. The lowest BCUT2D eigenvalue weighted by Gasteiger charge is -2.42. The van der Waals surface area contributed by atoms with Crippen LogP contribution in [0.15, 0.2) is 12.2 Å². The van der Waals surface area contributed by atoms with Crippen LogP contribution < -0.4 is 21.3 Å². The standard InChI is InChI=1S/C60H109N11O10/c1-25-27-28-40(15)41(16)51-54(75)62-43(26-2)55(76)65(18)33-48(72)66(19)44(29-34(3)4)53(74)63-49(38(11)12)58(79)69(22)47(32-37(9)10)61-42(17)52(73)64-60(81)68(21)46(31-36(7)8)56(77)67(20)45(30-35(5)6)57(78)70(23)50(39(13)14)59(80)71(51)24/h25,27,34-47,49-51,61H,26,28-33H2,1-24H3,(H,62,75)(H,63,74)(H,64,73,81)/b27-25+/t40?,41-,42?,43?,44?,45?,46?,47?,49?,50?,51?/m1/s1. The predicted octanol–water partition coefficient (Wildman–Crippen LogP) is 5.18. The predicted molar refractivity (Wildman–Crippen MR) is 318 cm³/mol. The van der Waals surface area contributed by atoms with E-state index in [-0.39, 0.29) is 55.3 Å². The second-order valence-electron chi connectivity index (χ2n) is 25.3. The first-order valence-corrected chi connectivity index (χ1v) is 29.5. The van der Waals surface area contributed by atoms with Crippen molar-refractivity contribution in [3.8, 4) is 0 Å². The lowest BCUT2D eigenvalue weighted by molar-refractivity contribution is -0.155. The molecule has 0 aromatic rings. The summed E-state index contributed by atoms with van der Waals surface area (Å²) in [7, 11) is 10.4. The molecule has 11 amide bonds. The molecule has 464 valence electrons. The van der Waals surface area contributed by atoms with Crippen LogP contribution in [0.5, 0.6) is 0 Å². The van der Waals surface area contributed by atoms with Gasteiger partial charge in [-0.05, 0) is 99.7 Å². The Labute approximate surface area is 487 Å². The van der Waals surface area contributed by atoms with E-state index in [1.54, 1.807) is 48.6 Å². The second-order valence-corrected chi connectivity index (χ2v) is 25.3. The Morgan fingerprint density at radius 2 is 0.988 bits per heavy atom. The minimum atomic E-state index is -1.15. The van der Waals surface area contributed by atoms with E-state index in [1.807, 2.05) is 88.3 Å². The van der Waals surface area contributed by atoms with Gasteiger partial charge in [0.25, 0.3) is 0 Å². The van der Waals surface area contributed by atoms with E-state index in [9.17, 15) is 38.4 Å². The van der Waals surface area contributed by atoms with Gasteiger partial charge in [-0.1, -0.05) is 116 Å². The zero-order chi connectivity index (χ0) is 62.8. The molecule has 0 radical (unpaired) electrons. The summed E-state index contributed by atoms with van der Waals surface area (Å²) in [5.41, 5.74) is 0. The summed E-state index contributed by atoms with van der Waals surface area (Å²) < 4.78 is 0. The first-order chi connectivity index (χ1) is 37.4. The third kappa shape index (κ3) is 21.0. The van der Waals surface area contributed by atoms with E-state index in [4.69, 9.17) is 0 Å². The van der Waals surface area contributed by atoms with Gasteiger partial charge in [0.1, 0.15) is 42.3 Å². The quantitative estimate of drug-likeness (QED) is 0.156. The third-order valence-corrected chi connectivity index (χ3v) is 15.8. The number of likely N-dealkylation sites (N-methyl/N-ethyl adjacent to an activating group) is 7. The minimum absolute atomic E-state index is 0.0100. The van der Waals surface area contributed by atoms with Gasteiger partial charge in [-0.2, -0.15) is 0 Å². The Morgan fingerprint density at radius 3 is 1.46 bits per heavy atom. The van der Waals surface area contributed by atoms with E-state index in [0.717, 1.165) is 4.90 Å². The van der Waals surface area contributed by atoms with Crippen LogP contribution in [0.2, 0.25) is 0 Å². The second kappa shape index (κ2) is 33.5. The van der Waals surface area contributed by atoms with E-state index in [1.165, 1.54) is 71.7 Å². The van der Waals surface area contributed by atoms with Crippen molar-refractivity contribution in [1.29, 1.82) is 0 Å². The van der Waals surface area contributed by atoms with E-state index < -0.39 is 138 Å². The molecule has 1 fully saturated rings. The van der Waals surface area contributed by atoms with Crippen molar-refractivity contribution in [3.63, 3.8) is 0 Å². The molecule has 1 aliphatic rings. The number of hydrogen-bond donors (Lipinski definition) is 4. The highest BCUT2D eigenvalue weighted by molar-refractivity contribution is 6.00. The van der Waals surface area contributed by atoms with Gasteiger partial charge in [0, 0.05) is 49.3 Å². The fourth-order valence-corrected chi connectivity index (χ4v) is 10.4.